The van der Waals surface area contributed by atoms with Crippen molar-refractivity contribution in [1.29, 1.82) is 0 Å². The summed E-state index contributed by atoms with van der Waals surface area (Å²) < 4.78 is 9.61. The van der Waals surface area contributed by atoms with Crippen LogP contribution in [0.3, 0.4) is 0 Å². The normalized spacial score (nSPS) is 9.25. The lowest BCUT2D eigenvalue weighted by Crippen LogP contribution is -2.07. The molecule has 0 aliphatic heterocycles. The molecular weight excluding hydrogens is 212 g/mol. The maximum absolute atomic E-state index is 10.6. The predicted molar refractivity (Wildman–Crippen MR) is 55.2 cm³/mol. The number of esters is 1. The topological polar surface area (TPSA) is 72.8 Å². The van der Waals surface area contributed by atoms with E-state index in [9.17, 15) is 9.59 Å². The summed E-state index contributed by atoms with van der Waals surface area (Å²) in [5, 5.41) is 8.64. The number of aromatic carboxylic acids is 1. The summed E-state index contributed by atoms with van der Waals surface area (Å²) in [6.07, 6.45) is 1.02. The lowest BCUT2D eigenvalue weighted by atomic mass is 10.2. The van der Waals surface area contributed by atoms with E-state index in [1.165, 1.54) is 24.3 Å². The van der Waals surface area contributed by atoms with Crippen LogP contribution < -0.4 is 4.74 Å². The maximum Gasteiger partial charge on any atom is 0.335 e. The monoisotopic (exact) mass is 222 g/mol. The maximum atomic E-state index is 10.6. The Morgan fingerprint density at radius 2 is 1.94 bits per heavy atom. The molecule has 0 aliphatic carbocycles. The third kappa shape index (κ3) is 3.45. The Hall–Kier alpha value is -2.30. The molecule has 0 unspecified atom stereocenters. The van der Waals surface area contributed by atoms with E-state index in [0.717, 1.165) is 6.08 Å². The van der Waals surface area contributed by atoms with Crippen molar-refractivity contribution in [3.05, 3.63) is 42.5 Å². The number of hydrogen-bond acceptors (Lipinski definition) is 4. The van der Waals surface area contributed by atoms with Gasteiger partial charge in [-0.2, -0.15) is 0 Å². The third-order valence-electron chi connectivity index (χ3n) is 1.69. The zero-order valence-corrected chi connectivity index (χ0v) is 8.38. The first-order valence-corrected chi connectivity index (χ1v) is 4.39. The van der Waals surface area contributed by atoms with Crippen LogP contribution in [0.2, 0.25) is 0 Å². The molecule has 5 heteroatoms. The second kappa shape index (κ2) is 5.55. The van der Waals surface area contributed by atoms with Gasteiger partial charge in [-0.3, -0.25) is 0 Å². The number of rotatable bonds is 5. The summed E-state index contributed by atoms with van der Waals surface area (Å²) in [6, 6.07) is 5.75. The fourth-order valence-electron chi connectivity index (χ4n) is 0.908. The molecule has 16 heavy (non-hydrogen) atoms. The molecule has 0 fully saturated rings. The summed E-state index contributed by atoms with van der Waals surface area (Å²) >= 11 is 0. The smallest absolute Gasteiger partial charge is 0.335 e. The molecule has 1 rings (SSSR count). The van der Waals surface area contributed by atoms with Gasteiger partial charge < -0.3 is 14.6 Å². The number of benzene rings is 1. The second-order valence-electron chi connectivity index (χ2n) is 2.76. The van der Waals surface area contributed by atoms with Crippen LogP contribution in [0.15, 0.2) is 36.9 Å². The van der Waals surface area contributed by atoms with Crippen LogP contribution in [0.5, 0.6) is 5.75 Å². The Labute approximate surface area is 91.9 Å². The van der Waals surface area contributed by atoms with E-state index in [2.05, 4.69) is 11.3 Å². The standard InChI is InChI=1S/C11H10O5/c1-2-10(12)16-7-15-9-5-3-8(4-6-9)11(13)14/h2-6H,1,7H2,(H,13,14). The fraction of sp³-hybridized carbons (Fsp3) is 0.0909. The summed E-state index contributed by atoms with van der Waals surface area (Å²) in [6.45, 7) is 2.98. The Morgan fingerprint density at radius 3 is 2.44 bits per heavy atom. The molecule has 0 spiro atoms. The van der Waals surface area contributed by atoms with E-state index in [1.807, 2.05) is 0 Å². The van der Waals surface area contributed by atoms with Gasteiger partial charge in [-0.1, -0.05) is 6.58 Å². The molecule has 0 aliphatic rings. The van der Waals surface area contributed by atoms with Gasteiger partial charge in [0.25, 0.3) is 0 Å². The van der Waals surface area contributed by atoms with Crippen LogP contribution in [0.4, 0.5) is 0 Å². The van der Waals surface area contributed by atoms with Gasteiger partial charge in [-0.25, -0.2) is 9.59 Å². The van der Waals surface area contributed by atoms with Gasteiger partial charge in [-0.05, 0) is 24.3 Å². The van der Waals surface area contributed by atoms with E-state index < -0.39 is 11.9 Å². The van der Waals surface area contributed by atoms with Gasteiger partial charge in [0.1, 0.15) is 5.75 Å². The first kappa shape index (κ1) is 11.8. The van der Waals surface area contributed by atoms with Crippen molar-refractivity contribution in [2.45, 2.75) is 0 Å². The summed E-state index contributed by atoms with van der Waals surface area (Å²) in [5.41, 5.74) is 0.162. The fourth-order valence-corrected chi connectivity index (χ4v) is 0.908. The molecule has 5 nitrogen and oxygen atoms in total. The van der Waals surface area contributed by atoms with Crippen LogP contribution in [-0.2, 0) is 9.53 Å². The second-order valence-corrected chi connectivity index (χ2v) is 2.76. The van der Waals surface area contributed by atoms with E-state index in [-0.39, 0.29) is 12.4 Å². The van der Waals surface area contributed by atoms with Crippen LogP contribution in [-0.4, -0.2) is 23.8 Å². The first-order valence-electron chi connectivity index (χ1n) is 4.39. The Bertz CT molecular complexity index is 393. The summed E-state index contributed by atoms with van der Waals surface area (Å²) in [5.74, 6) is -1.17. The average molecular weight is 222 g/mol. The van der Waals surface area contributed by atoms with Crippen molar-refractivity contribution < 1.29 is 24.2 Å². The van der Waals surface area contributed by atoms with Gasteiger partial charge in [0.05, 0.1) is 5.56 Å². The molecule has 0 saturated carbocycles. The van der Waals surface area contributed by atoms with Crippen molar-refractivity contribution in [2.75, 3.05) is 6.79 Å². The third-order valence-corrected chi connectivity index (χ3v) is 1.69. The van der Waals surface area contributed by atoms with Crippen LogP contribution in [0.25, 0.3) is 0 Å². The summed E-state index contributed by atoms with van der Waals surface area (Å²) in [4.78, 5) is 21.2. The van der Waals surface area contributed by atoms with Crippen LogP contribution in [0.1, 0.15) is 10.4 Å². The lowest BCUT2D eigenvalue weighted by molar-refractivity contribution is -0.144. The molecule has 0 aromatic heterocycles. The van der Waals surface area contributed by atoms with Crippen molar-refractivity contribution >= 4 is 11.9 Å². The molecule has 0 amide bonds. The molecule has 84 valence electrons. The number of hydrogen-bond donors (Lipinski definition) is 1. The number of ether oxygens (including phenoxy) is 2. The molecule has 0 heterocycles. The quantitative estimate of drug-likeness (QED) is 0.463. The SMILES string of the molecule is C=CC(=O)OCOc1ccc(C(=O)O)cc1. The highest BCUT2D eigenvalue weighted by Crippen LogP contribution is 2.11. The Morgan fingerprint density at radius 1 is 1.31 bits per heavy atom. The molecule has 1 aromatic rings. The van der Waals surface area contributed by atoms with E-state index in [4.69, 9.17) is 9.84 Å². The molecule has 1 N–H and O–H groups in total. The minimum atomic E-state index is -1.01. The highest BCUT2D eigenvalue weighted by molar-refractivity contribution is 5.87. The lowest BCUT2D eigenvalue weighted by Gasteiger charge is -2.05. The molecule has 0 atom stereocenters. The van der Waals surface area contributed by atoms with E-state index in [1.54, 1.807) is 0 Å². The molecule has 1 aromatic carbocycles. The van der Waals surface area contributed by atoms with Gasteiger partial charge in [0.2, 0.25) is 6.79 Å². The van der Waals surface area contributed by atoms with Crippen molar-refractivity contribution in [3.63, 3.8) is 0 Å². The van der Waals surface area contributed by atoms with Crippen LogP contribution >= 0.6 is 0 Å². The number of carbonyl (C=O) groups is 2. The van der Waals surface area contributed by atoms with Gasteiger partial charge in [0.15, 0.2) is 0 Å². The zero-order chi connectivity index (χ0) is 12.0. The summed E-state index contributed by atoms with van der Waals surface area (Å²) in [7, 11) is 0. The van der Waals surface area contributed by atoms with E-state index in [0.29, 0.717) is 5.75 Å². The van der Waals surface area contributed by atoms with Gasteiger partial charge in [0, 0.05) is 6.08 Å². The van der Waals surface area contributed by atoms with Crippen molar-refractivity contribution in [3.8, 4) is 5.75 Å². The highest BCUT2D eigenvalue weighted by Gasteiger charge is 2.02. The van der Waals surface area contributed by atoms with Gasteiger partial charge >= 0.3 is 11.9 Å². The first-order chi connectivity index (χ1) is 7.63. The zero-order valence-electron chi connectivity index (χ0n) is 8.38. The van der Waals surface area contributed by atoms with Crippen molar-refractivity contribution in [2.24, 2.45) is 0 Å². The number of carboxylic acids is 1. The van der Waals surface area contributed by atoms with Gasteiger partial charge in [-0.15, -0.1) is 0 Å². The minimum Gasteiger partial charge on any atom is -0.478 e. The van der Waals surface area contributed by atoms with Crippen LogP contribution in [0, 0.1) is 0 Å². The largest absolute Gasteiger partial charge is 0.478 e. The molecule has 0 saturated heterocycles. The Balaban J connectivity index is 2.46. The molecular formula is C11H10O5. The average Bonchev–Trinajstić information content (AvgIpc) is 2.29. The number of carbonyl (C=O) groups excluding carboxylic acids is 1. The number of carboxylic acid groups (broad SMARTS) is 1. The highest BCUT2D eigenvalue weighted by atomic mass is 16.7. The molecule has 0 bridgehead atoms. The van der Waals surface area contributed by atoms with Crippen molar-refractivity contribution in [1.82, 2.24) is 0 Å². The predicted octanol–water partition coefficient (Wildman–Crippen LogP) is 1.45. The van der Waals surface area contributed by atoms with E-state index >= 15 is 0 Å². The minimum absolute atomic E-state index is 0.162. The molecule has 0 radical (unpaired) electrons. The Kier molecular flexibility index (Phi) is 4.08.